The highest BCUT2D eigenvalue weighted by Crippen LogP contribution is 2.47. The number of fused-ring (bicyclic) bond motifs is 1. The first-order valence-corrected chi connectivity index (χ1v) is 12.4. The molecular weight excluding hydrogens is 469 g/mol. The molecule has 1 aromatic carbocycles. The summed E-state index contributed by atoms with van der Waals surface area (Å²) in [5, 5.41) is 2.86. The minimum Gasteiger partial charge on any atom is -0.458 e. The lowest BCUT2D eigenvalue weighted by atomic mass is 10.0. The molecule has 4 rings (SSSR count). The van der Waals surface area contributed by atoms with Gasteiger partial charge in [-0.25, -0.2) is 0 Å². The van der Waals surface area contributed by atoms with E-state index in [1.165, 1.54) is 0 Å². The summed E-state index contributed by atoms with van der Waals surface area (Å²) < 4.78 is 46.9. The standard InChI is InChI=1S/C25H30ClF3N2O3/c1-2-3-15-4-7-18(10-15)31(9-8-30-14-32)22(33)13-21-23(26)19-11-17(16-5-6-16)12-20(24(19)34-21)25(27,28)29/h11-12,14-16,18H,2-10,13H2,1H3,(H,30,32). The molecule has 0 radical (unpaired) electrons. The second-order valence-electron chi connectivity index (χ2n) is 9.51. The van der Waals surface area contributed by atoms with Gasteiger partial charge in [0.1, 0.15) is 11.3 Å². The number of furan rings is 1. The molecule has 186 valence electrons. The fourth-order valence-corrected chi connectivity index (χ4v) is 5.46. The molecule has 2 aliphatic rings. The van der Waals surface area contributed by atoms with E-state index in [-0.39, 0.29) is 46.0 Å². The van der Waals surface area contributed by atoms with Crippen LogP contribution < -0.4 is 5.32 Å². The molecule has 2 saturated carbocycles. The van der Waals surface area contributed by atoms with Crippen LogP contribution >= 0.6 is 11.6 Å². The van der Waals surface area contributed by atoms with Crippen LogP contribution in [0.3, 0.4) is 0 Å². The van der Waals surface area contributed by atoms with Crippen molar-refractivity contribution in [2.75, 3.05) is 13.1 Å². The summed E-state index contributed by atoms with van der Waals surface area (Å²) in [6, 6.07) is 2.85. The van der Waals surface area contributed by atoms with E-state index in [0.29, 0.717) is 31.0 Å². The molecule has 2 fully saturated rings. The smallest absolute Gasteiger partial charge is 0.420 e. The van der Waals surface area contributed by atoms with Crippen molar-refractivity contribution < 1.29 is 27.2 Å². The van der Waals surface area contributed by atoms with E-state index in [0.717, 1.165) is 51.0 Å². The topological polar surface area (TPSA) is 62.6 Å². The van der Waals surface area contributed by atoms with E-state index < -0.39 is 11.7 Å². The molecule has 1 N–H and O–H groups in total. The lowest BCUT2D eigenvalue weighted by Gasteiger charge is -2.29. The molecular formula is C25H30ClF3N2O3. The van der Waals surface area contributed by atoms with Gasteiger partial charge in [-0.1, -0.05) is 31.4 Å². The number of halogens is 4. The second-order valence-corrected chi connectivity index (χ2v) is 9.89. The zero-order valence-electron chi connectivity index (χ0n) is 19.2. The van der Waals surface area contributed by atoms with Crippen molar-refractivity contribution in [2.45, 2.75) is 76.4 Å². The van der Waals surface area contributed by atoms with Gasteiger partial charge in [0.25, 0.3) is 0 Å². The van der Waals surface area contributed by atoms with Gasteiger partial charge in [-0.05, 0) is 61.6 Å². The third-order valence-corrected chi connectivity index (χ3v) is 7.45. The summed E-state index contributed by atoms with van der Waals surface area (Å²) in [5.74, 6) is 0.457. The van der Waals surface area contributed by atoms with Crippen LogP contribution in [0.25, 0.3) is 11.0 Å². The van der Waals surface area contributed by atoms with Crippen molar-refractivity contribution in [2.24, 2.45) is 5.92 Å². The average Bonchev–Trinajstić information content (AvgIpc) is 3.46. The maximum atomic E-state index is 13.8. The Bertz CT molecular complexity index is 1050. The number of alkyl halides is 3. The summed E-state index contributed by atoms with van der Waals surface area (Å²) in [6.07, 6.45) is 2.46. The molecule has 9 heteroatoms. The number of amides is 2. The van der Waals surface area contributed by atoms with Crippen LogP contribution in [0.15, 0.2) is 16.5 Å². The summed E-state index contributed by atoms with van der Waals surface area (Å²) in [4.78, 5) is 25.8. The maximum absolute atomic E-state index is 13.8. The molecule has 0 saturated heterocycles. The zero-order valence-corrected chi connectivity index (χ0v) is 20.0. The lowest BCUT2D eigenvalue weighted by Crippen LogP contribution is -2.43. The van der Waals surface area contributed by atoms with Crippen molar-refractivity contribution in [3.05, 3.63) is 34.0 Å². The third kappa shape index (κ3) is 5.37. The minimum absolute atomic E-state index is 0.0351. The zero-order chi connectivity index (χ0) is 24.5. The van der Waals surface area contributed by atoms with E-state index in [4.69, 9.17) is 16.0 Å². The van der Waals surface area contributed by atoms with Gasteiger partial charge in [-0.3, -0.25) is 9.59 Å². The maximum Gasteiger partial charge on any atom is 0.420 e. The van der Waals surface area contributed by atoms with E-state index in [9.17, 15) is 22.8 Å². The van der Waals surface area contributed by atoms with Crippen molar-refractivity contribution in [1.82, 2.24) is 10.2 Å². The number of rotatable bonds is 10. The Kier molecular flexibility index (Phi) is 7.45. The van der Waals surface area contributed by atoms with Gasteiger partial charge in [0.15, 0.2) is 0 Å². The summed E-state index contributed by atoms with van der Waals surface area (Å²) in [7, 11) is 0. The van der Waals surface area contributed by atoms with Crippen LogP contribution in [0, 0.1) is 5.92 Å². The van der Waals surface area contributed by atoms with Crippen LogP contribution in [0.4, 0.5) is 13.2 Å². The highest BCUT2D eigenvalue weighted by atomic mass is 35.5. The molecule has 0 aliphatic heterocycles. The molecule has 2 aromatic rings. The van der Waals surface area contributed by atoms with Crippen molar-refractivity contribution in [1.29, 1.82) is 0 Å². The quantitative estimate of drug-likeness (QED) is 0.319. The number of nitrogens with zero attached hydrogens (tertiary/aromatic N) is 1. The molecule has 2 atom stereocenters. The van der Waals surface area contributed by atoms with Crippen molar-refractivity contribution >= 4 is 34.9 Å². The van der Waals surface area contributed by atoms with E-state index in [2.05, 4.69) is 12.2 Å². The van der Waals surface area contributed by atoms with Gasteiger partial charge in [-0.2, -0.15) is 13.2 Å². The Morgan fingerprint density at radius 2 is 2.03 bits per heavy atom. The highest BCUT2D eigenvalue weighted by molar-refractivity contribution is 6.36. The van der Waals surface area contributed by atoms with Crippen molar-refractivity contribution in [3.8, 4) is 0 Å². The minimum atomic E-state index is -4.59. The molecule has 5 nitrogen and oxygen atoms in total. The van der Waals surface area contributed by atoms with Gasteiger partial charge >= 0.3 is 6.18 Å². The van der Waals surface area contributed by atoms with Gasteiger partial charge in [0.05, 0.1) is 17.0 Å². The highest BCUT2D eigenvalue weighted by Gasteiger charge is 2.38. The Balaban J connectivity index is 1.60. The van der Waals surface area contributed by atoms with Crippen LogP contribution in [0.2, 0.25) is 5.02 Å². The molecule has 1 heterocycles. The molecule has 1 aromatic heterocycles. The largest absolute Gasteiger partial charge is 0.458 e. The van der Waals surface area contributed by atoms with E-state index in [1.54, 1.807) is 11.0 Å². The summed E-state index contributed by atoms with van der Waals surface area (Å²) >= 11 is 6.49. The van der Waals surface area contributed by atoms with Crippen LogP contribution in [-0.4, -0.2) is 36.3 Å². The Hall–Kier alpha value is -2.22. The molecule has 34 heavy (non-hydrogen) atoms. The fraction of sp³-hybridized carbons (Fsp3) is 0.600. The predicted octanol–water partition coefficient (Wildman–Crippen LogP) is 6.07. The summed E-state index contributed by atoms with van der Waals surface area (Å²) in [6.45, 7) is 2.78. The fourth-order valence-electron chi connectivity index (χ4n) is 5.21. The Morgan fingerprint density at radius 3 is 2.68 bits per heavy atom. The normalized spacial score (nSPS) is 20.6. The number of carbonyl (C=O) groups is 2. The molecule has 0 spiro atoms. The molecule has 2 aliphatic carbocycles. The van der Waals surface area contributed by atoms with Crippen LogP contribution in [0.1, 0.15) is 74.7 Å². The Labute approximate surface area is 202 Å². The average molecular weight is 499 g/mol. The van der Waals surface area contributed by atoms with Gasteiger partial charge < -0.3 is 14.6 Å². The molecule has 2 unspecified atom stereocenters. The first kappa shape index (κ1) is 24.9. The first-order valence-electron chi connectivity index (χ1n) is 12.0. The predicted molar refractivity (Wildman–Crippen MR) is 124 cm³/mol. The van der Waals surface area contributed by atoms with Crippen molar-refractivity contribution in [3.63, 3.8) is 0 Å². The number of benzene rings is 1. The van der Waals surface area contributed by atoms with Crippen LogP contribution in [-0.2, 0) is 22.2 Å². The van der Waals surface area contributed by atoms with Gasteiger partial charge in [0.2, 0.25) is 12.3 Å². The summed E-state index contributed by atoms with van der Waals surface area (Å²) in [5.41, 5.74) is -0.560. The van der Waals surface area contributed by atoms with Gasteiger partial charge in [0, 0.05) is 24.5 Å². The number of hydrogen-bond donors (Lipinski definition) is 1. The SMILES string of the molecule is CCCC1CCC(N(CCNC=O)C(=O)Cc2oc3c(C(F)(F)F)cc(C4CC4)cc3c2Cl)C1. The van der Waals surface area contributed by atoms with E-state index in [1.807, 2.05) is 0 Å². The number of nitrogens with one attached hydrogen (secondary N) is 1. The first-order chi connectivity index (χ1) is 16.2. The lowest BCUT2D eigenvalue weighted by molar-refractivity contribution is -0.136. The monoisotopic (exact) mass is 498 g/mol. The number of carbonyl (C=O) groups excluding carboxylic acids is 2. The van der Waals surface area contributed by atoms with E-state index >= 15 is 0 Å². The molecule has 0 bridgehead atoms. The third-order valence-electron chi connectivity index (χ3n) is 7.04. The van der Waals surface area contributed by atoms with Crippen LogP contribution in [0.5, 0.6) is 0 Å². The molecule has 2 amide bonds. The van der Waals surface area contributed by atoms with Gasteiger partial charge in [-0.15, -0.1) is 0 Å². The number of hydrogen-bond acceptors (Lipinski definition) is 3. The second kappa shape index (κ2) is 10.2. The Morgan fingerprint density at radius 1 is 1.26 bits per heavy atom.